The predicted octanol–water partition coefficient (Wildman–Crippen LogP) is 6.74. The fraction of sp³-hybridized carbons (Fsp3) is 0.320. The average molecular weight is 439 g/mol. The van der Waals surface area contributed by atoms with Crippen molar-refractivity contribution in [2.45, 2.75) is 51.8 Å². The zero-order valence-corrected chi connectivity index (χ0v) is 17.8. The molecule has 0 N–H and O–H groups in total. The van der Waals surface area contributed by atoms with Crippen LogP contribution in [0.3, 0.4) is 0 Å². The summed E-state index contributed by atoms with van der Waals surface area (Å²) in [7, 11) is 0. The number of nitrogens with zero attached hydrogens (tertiary/aromatic N) is 3. The Morgan fingerprint density at radius 2 is 1.66 bits per heavy atom. The van der Waals surface area contributed by atoms with Gasteiger partial charge in [0.25, 0.3) is 0 Å². The summed E-state index contributed by atoms with van der Waals surface area (Å²) in [4.78, 5) is 8.89. The van der Waals surface area contributed by atoms with E-state index in [-0.39, 0.29) is 12.4 Å². The van der Waals surface area contributed by atoms with Crippen molar-refractivity contribution in [3.63, 3.8) is 0 Å². The molecule has 0 amide bonds. The van der Waals surface area contributed by atoms with E-state index in [0.717, 1.165) is 41.7 Å². The highest BCUT2D eigenvalue weighted by atomic mass is 19.4. The molecule has 0 fully saturated rings. The van der Waals surface area contributed by atoms with Gasteiger partial charge in [0, 0.05) is 18.0 Å². The van der Waals surface area contributed by atoms with Crippen LogP contribution in [0.1, 0.15) is 54.9 Å². The molecule has 3 rings (SSSR count). The van der Waals surface area contributed by atoms with Crippen molar-refractivity contribution in [3.8, 4) is 23.2 Å². The first-order valence-electron chi connectivity index (χ1n) is 10.5. The summed E-state index contributed by atoms with van der Waals surface area (Å²) in [6.07, 6.45) is 4.86. The topological polar surface area (TPSA) is 58.8 Å². The van der Waals surface area contributed by atoms with Crippen molar-refractivity contribution in [1.82, 2.24) is 9.97 Å². The van der Waals surface area contributed by atoms with E-state index in [0.29, 0.717) is 5.82 Å². The van der Waals surface area contributed by atoms with Crippen LogP contribution >= 0.6 is 0 Å². The molecule has 0 aliphatic heterocycles. The first-order chi connectivity index (χ1) is 15.4. The lowest BCUT2D eigenvalue weighted by Gasteiger charge is -2.12. The Hall–Kier alpha value is -3.40. The second-order valence-electron chi connectivity index (χ2n) is 7.53. The largest absolute Gasteiger partial charge is 0.489 e. The molecular formula is C25H24F3N3O. The third-order valence-corrected chi connectivity index (χ3v) is 5.06. The van der Waals surface area contributed by atoms with Crippen molar-refractivity contribution in [2.75, 3.05) is 0 Å². The minimum atomic E-state index is -4.61. The molecule has 0 unspecified atom stereocenters. The van der Waals surface area contributed by atoms with Crippen molar-refractivity contribution < 1.29 is 17.9 Å². The second-order valence-corrected chi connectivity index (χ2v) is 7.53. The maximum Gasteiger partial charge on any atom is 0.417 e. The molecule has 0 atom stereocenters. The number of halogens is 3. The Labute approximate surface area is 185 Å². The van der Waals surface area contributed by atoms with Crippen LogP contribution in [-0.2, 0) is 19.2 Å². The van der Waals surface area contributed by atoms with Crippen LogP contribution in [0, 0.1) is 11.3 Å². The van der Waals surface area contributed by atoms with Gasteiger partial charge in [0.2, 0.25) is 0 Å². The molecule has 3 aromatic rings. The van der Waals surface area contributed by atoms with E-state index in [1.54, 1.807) is 6.07 Å². The summed E-state index contributed by atoms with van der Waals surface area (Å²) >= 11 is 0. The normalized spacial score (nSPS) is 11.2. The summed E-state index contributed by atoms with van der Waals surface area (Å²) < 4.78 is 44.8. The van der Waals surface area contributed by atoms with Crippen molar-refractivity contribution >= 4 is 0 Å². The Bertz CT molecular complexity index is 1060. The fourth-order valence-corrected chi connectivity index (χ4v) is 3.25. The molecule has 0 spiro atoms. The van der Waals surface area contributed by atoms with E-state index >= 15 is 0 Å². The van der Waals surface area contributed by atoms with Crippen LogP contribution in [0.25, 0.3) is 11.4 Å². The number of hydrogen-bond acceptors (Lipinski definition) is 4. The van der Waals surface area contributed by atoms with Crippen molar-refractivity contribution in [2.24, 2.45) is 0 Å². The van der Waals surface area contributed by atoms with E-state index in [2.05, 4.69) is 16.9 Å². The van der Waals surface area contributed by atoms with Crippen molar-refractivity contribution in [1.29, 1.82) is 5.26 Å². The summed E-state index contributed by atoms with van der Waals surface area (Å²) in [6, 6.07) is 12.2. The minimum absolute atomic E-state index is 0.0539. The Morgan fingerprint density at radius 3 is 2.28 bits per heavy atom. The fourth-order valence-electron chi connectivity index (χ4n) is 3.25. The monoisotopic (exact) mass is 439 g/mol. The lowest BCUT2D eigenvalue weighted by molar-refractivity contribution is -0.137. The molecule has 166 valence electrons. The molecule has 4 nitrogen and oxygen atoms in total. The molecule has 0 aliphatic rings. The summed E-state index contributed by atoms with van der Waals surface area (Å²) in [5.41, 5.74) is 1.33. The second kappa shape index (κ2) is 10.8. The van der Waals surface area contributed by atoms with Gasteiger partial charge in [-0.3, -0.25) is 0 Å². The van der Waals surface area contributed by atoms with Crippen LogP contribution < -0.4 is 4.74 Å². The van der Waals surface area contributed by atoms with Gasteiger partial charge in [0.15, 0.2) is 5.82 Å². The van der Waals surface area contributed by atoms with Crippen LogP contribution in [0.15, 0.2) is 54.9 Å². The van der Waals surface area contributed by atoms with Crippen LogP contribution in [-0.4, -0.2) is 9.97 Å². The molecule has 0 bridgehead atoms. The third kappa shape index (κ3) is 6.30. The molecule has 32 heavy (non-hydrogen) atoms. The van der Waals surface area contributed by atoms with Gasteiger partial charge in [-0.25, -0.2) is 9.97 Å². The number of alkyl halides is 3. The number of ether oxygens (including phenoxy) is 1. The predicted molar refractivity (Wildman–Crippen MR) is 116 cm³/mol. The van der Waals surface area contributed by atoms with E-state index in [4.69, 9.17) is 10.00 Å². The third-order valence-electron chi connectivity index (χ3n) is 5.06. The molecule has 1 aromatic heterocycles. The first-order valence-corrected chi connectivity index (χ1v) is 10.5. The lowest BCUT2D eigenvalue weighted by atomic mass is 10.1. The number of benzene rings is 2. The minimum Gasteiger partial charge on any atom is -0.489 e. The number of aromatic nitrogens is 2. The number of nitriles is 1. The zero-order valence-electron chi connectivity index (χ0n) is 17.8. The summed E-state index contributed by atoms with van der Waals surface area (Å²) in [6.45, 7) is 2.28. The van der Waals surface area contributed by atoms with Crippen molar-refractivity contribution in [3.05, 3.63) is 77.1 Å². The molecular weight excluding hydrogens is 415 g/mol. The number of unbranched alkanes of at least 4 members (excludes halogenated alkanes) is 3. The van der Waals surface area contributed by atoms with Crippen LogP contribution in [0.2, 0.25) is 0 Å². The van der Waals surface area contributed by atoms with Gasteiger partial charge in [0.05, 0.1) is 17.2 Å². The molecule has 2 aromatic carbocycles. The zero-order chi connectivity index (χ0) is 23.0. The van der Waals surface area contributed by atoms with E-state index in [9.17, 15) is 13.2 Å². The Kier molecular flexibility index (Phi) is 7.82. The van der Waals surface area contributed by atoms with Gasteiger partial charge in [-0.05, 0) is 42.2 Å². The smallest absolute Gasteiger partial charge is 0.417 e. The molecule has 0 saturated carbocycles. The average Bonchev–Trinajstić information content (AvgIpc) is 2.80. The Balaban J connectivity index is 1.60. The maximum atomic E-state index is 13.1. The van der Waals surface area contributed by atoms with Crippen LogP contribution in [0.5, 0.6) is 5.75 Å². The summed E-state index contributed by atoms with van der Waals surface area (Å²) in [5.74, 6) is 0.676. The van der Waals surface area contributed by atoms with Gasteiger partial charge in [-0.1, -0.05) is 50.5 Å². The highest BCUT2D eigenvalue weighted by Crippen LogP contribution is 2.34. The standard InChI is InChI=1S/C25H24F3N3O/c1-2-3-4-5-6-19-15-30-24(31-16-19)20-9-7-18(8-10-20)17-32-22-12-11-21(14-29)23(13-22)25(26,27)28/h7-13,15-16H,2-6,17H2,1H3. The quantitative estimate of drug-likeness (QED) is 0.347. The van der Waals surface area contributed by atoms with Crippen LogP contribution in [0.4, 0.5) is 13.2 Å². The van der Waals surface area contributed by atoms with Gasteiger partial charge < -0.3 is 4.74 Å². The number of rotatable bonds is 9. The molecule has 0 saturated heterocycles. The van der Waals surface area contributed by atoms with E-state index in [1.165, 1.54) is 25.3 Å². The highest BCUT2D eigenvalue weighted by Gasteiger charge is 2.34. The van der Waals surface area contributed by atoms with Gasteiger partial charge in [-0.2, -0.15) is 18.4 Å². The van der Waals surface area contributed by atoms with E-state index < -0.39 is 17.3 Å². The van der Waals surface area contributed by atoms with Gasteiger partial charge >= 0.3 is 6.18 Å². The number of aryl methyl sites for hydroxylation is 1. The SMILES string of the molecule is CCCCCCc1cnc(-c2ccc(COc3ccc(C#N)c(C(F)(F)F)c3)cc2)nc1. The maximum absolute atomic E-state index is 13.1. The van der Waals surface area contributed by atoms with E-state index in [1.807, 2.05) is 36.7 Å². The first kappa shape index (κ1) is 23.3. The molecule has 0 radical (unpaired) electrons. The highest BCUT2D eigenvalue weighted by molar-refractivity contribution is 5.55. The van der Waals surface area contributed by atoms with Gasteiger partial charge in [-0.15, -0.1) is 0 Å². The lowest BCUT2D eigenvalue weighted by Crippen LogP contribution is -2.08. The Morgan fingerprint density at radius 1 is 0.938 bits per heavy atom. The molecule has 7 heteroatoms. The molecule has 1 heterocycles. The molecule has 0 aliphatic carbocycles. The summed E-state index contributed by atoms with van der Waals surface area (Å²) in [5, 5.41) is 8.87. The van der Waals surface area contributed by atoms with Gasteiger partial charge in [0.1, 0.15) is 12.4 Å². The number of hydrogen-bond donors (Lipinski definition) is 0.